The van der Waals surface area contributed by atoms with Gasteiger partial charge in [0.1, 0.15) is 6.61 Å². The Labute approximate surface area is 227 Å². The third kappa shape index (κ3) is 5.80. The fourth-order valence-electron chi connectivity index (χ4n) is 3.38. The lowest BCUT2D eigenvalue weighted by molar-refractivity contribution is -0.384. The number of hydrogen-bond acceptors (Lipinski definition) is 7. The van der Waals surface area contributed by atoms with Crippen LogP contribution < -0.4 is 9.47 Å². The molecule has 36 heavy (non-hydrogen) atoms. The molecule has 0 bridgehead atoms. The normalized spacial score (nSPS) is 14.4. The molecule has 1 saturated heterocycles. The number of amides is 2. The molecule has 0 aromatic heterocycles. The van der Waals surface area contributed by atoms with E-state index in [1.165, 1.54) is 24.1 Å². The van der Waals surface area contributed by atoms with Crippen LogP contribution in [0.4, 0.5) is 10.5 Å². The smallest absolute Gasteiger partial charge is 0.293 e. The molecule has 184 valence electrons. The lowest BCUT2D eigenvalue weighted by atomic mass is 10.1. The lowest BCUT2D eigenvalue weighted by Crippen LogP contribution is -2.27. The minimum absolute atomic E-state index is 0.00393. The van der Waals surface area contributed by atoms with Crippen LogP contribution in [0.15, 0.2) is 74.5 Å². The number of ether oxygens (including phenoxy) is 2. The average Bonchev–Trinajstić information content (AvgIpc) is 3.12. The minimum Gasteiger partial charge on any atom is -0.493 e. The zero-order valence-corrected chi connectivity index (χ0v) is 22.8. The van der Waals surface area contributed by atoms with Gasteiger partial charge in [0, 0.05) is 21.1 Å². The molecular formula is C25H18Br2N2O6S. The van der Waals surface area contributed by atoms with E-state index in [2.05, 4.69) is 31.9 Å². The van der Waals surface area contributed by atoms with Crippen molar-refractivity contribution in [2.75, 3.05) is 7.11 Å². The molecule has 0 spiro atoms. The van der Waals surface area contributed by atoms with Crippen LogP contribution >= 0.6 is 43.6 Å². The first kappa shape index (κ1) is 25.9. The molecule has 0 unspecified atom stereocenters. The van der Waals surface area contributed by atoms with Crippen LogP contribution in [0, 0.1) is 10.1 Å². The predicted molar refractivity (Wildman–Crippen MR) is 144 cm³/mol. The largest absolute Gasteiger partial charge is 0.493 e. The molecular weight excluding hydrogens is 616 g/mol. The van der Waals surface area contributed by atoms with Crippen molar-refractivity contribution in [2.24, 2.45) is 0 Å². The number of rotatable bonds is 8. The van der Waals surface area contributed by atoms with Crippen molar-refractivity contribution in [1.29, 1.82) is 0 Å². The summed E-state index contributed by atoms with van der Waals surface area (Å²) >= 11 is 7.84. The fraction of sp³-hybridized carbons (Fsp3) is 0.120. The first-order chi connectivity index (χ1) is 17.3. The molecule has 4 rings (SSSR count). The Hall–Kier alpha value is -3.15. The number of benzene rings is 3. The van der Waals surface area contributed by atoms with Gasteiger partial charge in [-0.3, -0.25) is 24.6 Å². The molecule has 11 heteroatoms. The molecule has 3 aromatic rings. The van der Waals surface area contributed by atoms with Gasteiger partial charge in [-0.05, 0) is 64.9 Å². The van der Waals surface area contributed by atoms with Gasteiger partial charge in [-0.15, -0.1) is 0 Å². The summed E-state index contributed by atoms with van der Waals surface area (Å²) in [6, 6.07) is 16.9. The summed E-state index contributed by atoms with van der Waals surface area (Å²) in [7, 11) is 1.50. The van der Waals surface area contributed by atoms with E-state index >= 15 is 0 Å². The highest BCUT2D eigenvalue weighted by molar-refractivity contribution is 9.10. The number of carbonyl (C=O) groups excluding carboxylic acids is 2. The number of nitrogens with zero attached hydrogens (tertiary/aromatic N) is 2. The van der Waals surface area contributed by atoms with E-state index in [1.54, 1.807) is 30.3 Å². The van der Waals surface area contributed by atoms with Crippen molar-refractivity contribution in [3.8, 4) is 11.5 Å². The molecule has 1 heterocycles. The molecule has 0 atom stereocenters. The van der Waals surface area contributed by atoms with Gasteiger partial charge in [0.15, 0.2) is 11.5 Å². The van der Waals surface area contributed by atoms with Crippen molar-refractivity contribution in [2.45, 2.75) is 13.2 Å². The maximum atomic E-state index is 13.0. The van der Waals surface area contributed by atoms with E-state index in [9.17, 15) is 19.7 Å². The van der Waals surface area contributed by atoms with E-state index in [0.717, 1.165) is 27.4 Å². The number of nitro groups is 1. The Morgan fingerprint density at radius 2 is 1.75 bits per heavy atom. The quantitative estimate of drug-likeness (QED) is 0.150. The molecule has 1 aliphatic rings. The second kappa shape index (κ2) is 11.3. The van der Waals surface area contributed by atoms with Crippen LogP contribution in [0.1, 0.15) is 16.7 Å². The van der Waals surface area contributed by atoms with Gasteiger partial charge in [0.2, 0.25) is 0 Å². The van der Waals surface area contributed by atoms with Gasteiger partial charge >= 0.3 is 0 Å². The minimum atomic E-state index is -0.460. The van der Waals surface area contributed by atoms with Crippen LogP contribution in [-0.4, -0.2) is 28.1 Å². The summed E-state index contributed by atoms with van der Waals surface area (Å²) in [5.41, 5.74) is 2.23. The highest BCUT2D eigenvalue weighted by atomic mass is 79.9. The molecule has 0 saturated carbocycles. The second-order valence-corrected chi connectivity index (χ2v) is 10.3. The maximum absolute atomic E-state index is 13.0. The molecule has 3 aromatic carbocycles. The summed E-state index contributed by atoms with van der Waals surface area (Å²) in [6.45, 7) is 0.345. The van der Waals surface area contributed by atoms with Crippen molar-refractivity contribution >= 4 is 66.5 Å². The Kier molecular flexibility index (Phi) is 8.12. The van der Waals surface area contributed by atoms with Gasteiger partial charge in [0.25, 0.3) is 16.8 Å². The van der Waals surface area contributed by atoms with Crippen molar-refractivity contribution in [1.82, 2.24) is 4.90 Å². The number of non-ortho nitro benzene ring substituents is 1. The Morgan fingerprint density at radius 3 is 2.42 bits per heavy atom. The number of nitro benzene ring substituents is 1. The first-order valence-corrected chi connectivity index (χ1v) is 12.9. The molecule has 1 aliphatic heterocycles. The molecule has 2 amide bonds. The average molecular weight is 634 g/mol. The van der Waals surface area contributed by atoms with Crippen LogP contribution in [0.5, 0.6) is 11.5 Å². The monoisotopic (exact) mass is 632 g/mol. The molecule has 0 N–H and O–H groups in total. The van der Waals surface area contributed by atoms with Crippen LogP contribution in [0.2, 0.25) is 0 Å². The van der Waals surface area contributed by atoms with E-state index in [0.29, 0.717) is 26.4 Å². The molecule has 8 nitrogen and oxygen atoms in total. The zero-order chi connectivity index (χ0) is 25.8. The number of hydrogen-bond donors (Lipinski definition) is 0. The van der Waals surface area contributed by atoms with Crippen molar-refractivity contribution in [3.63, 3.8) is 0 Å². The standard InChI is InChI=1S/C25H18Br2N2O6S/c1-34-21-10-17(20(27)12-22(21)35-14-15-6-8-18(9-7-15)29(32)33)11-23-24(30)28(25(31)36-23)13-16-4-2-3-5-19(16)26/h2-12H,13-14H2,1H3/b23-11+. The van der Waals surface area contributed by atoms with Crippen molar-refractivity contribution < 1.29 is 24.0 Å². The highest BCUT2D eigenvalue weighted by Crippen LogP contribution is 2.39. The van der Waals surface area contributed by atoms with E-state index in [1.807, 2.05) is 24.3 Å². The number of thioether (sulfide) groups is 1. The Morgan fingerprint density at radius 1 is 1.03 bits per heavy atom. The number of imide groups is 1. The number of methoxy groups -OCH3 is 1. The number of halogens is 2. The summed E-state index contributed by atoms with van der Waals surface area (Å²) in [4.78, 5) is 37.4. The van der Waals surface area contributed by atoms with Gasteiger partial charge in [-0.1, -0.05) is 50.1 Å². The Balaban J connectivity index is 1.52. The topological polar surface area (TPSA) is 99.0 Å². The van der Waals surface area contributed by atoms with Crippen LogP contribution in [-0.2, 0) is 17.9 Å². The van der Waals surface area contributed by atoms with E-state index in [-0.39, 0.29) is 30.0 Å². The molecule has 1 fully saturated rings. The van der Waals surface area contributed by atoms with E-state index < -0.39 is 4.92 Å². The molecule has 0 aliphatic carbocycles. The first-order valence-electron chi connectivity index (χ1n) is 10.5. The second-order valence-electron chi connectivity index (χ2n) is 7.60. The third-order valence-electron chi connectivity index (χ3n) is 5.27. The van der Waals surface area contributed by atoms with Crippen LogP contribution in [0.25, 0.3) is 6.08 Å². The van der Waals surface area contributed by atoms with Crippen LogP contribution in [0.3, 0.4) is 0 Å². The van der Waals surface area contributed by atoms with Gasteiger partial charge in [-0.2, -0.15) is 0 Å². The van der Waals surface area contributed by atoms with Gasteiger partial charge < -0.3 is 9.47 Å². The van der Waals surface area contributed by atoms with Gasteiger partial charge in [-0.25, -0.2) is 0 Å². The summed E-state index contributed by atoms with van der Waals surface area (Å²) < 4.78 is 12.8. The SMILES string of the molecule is COc1cc(/C=C2/SC(=O)N(Cc3ccccc3Br)C2=O)c(Br)cc1OCc1ccc([N+](=O)[O-])cc1. The predicted octanol–water partition coefficient (Wildman–Crippen LogP) is 6.94. The molecule has 0 radical (unpaired) electrons. The number of carbonyl (C=O) groups is 2. The summed E-state index contributed by atoms with van der Waals surface area (Å²) in [5, 5.41) is 10.5. The van der Waals surface area contributed by atoms with E-state index in [4.69, 9.17) is 9.47 Å². The maximum Gasteiger partial charge on any atom is 0.293 e. The fourth-order valence-corrected chi connectivity index (χ4v) is 5.06. The van der Waals surface area contributed by atoms with Crippen molar-refractivity contribution in [3.05, 3.63) is 101 Å². The van der Waals surface area contributed by atoms with Gasteiger partial charge in [0.05, 0.1) is 23.5 Å². The summed E-state index contributed by atoms with van der Waals surface area (Å²) in [6.07, 6.45) is 1.64. The lowest BCUT2D eigenvalue weighted by Gasteiger charge is -2.14. The Bertz CT molecular complexity index is 1380. The summed E-state index contributed by atoms with van der Waals surface area (Å²) in [5.74, 6) is 0.505. The zero-order valence-electron chi connectivity index (χ0n) is 18.8. The highest BCUT2D eigenvalue weighted by Gasteiger charge is 2.35. The third-order valence-corrected chi connectivity index (χ3v) is 7.64.